The fourth-order valence-corrected chi connectivity index (χ4v) is 3.08. The van der Waals surface area contributed by atoms with Gasteiger partial charge in [-0.25, -0.2) is 13.1 Å². The molecule has 0 bridgehead atoms. The maximum absolute atomic E-state index is 12.1. The molecule has 0 aromatic heterocycles. The number of carbonyl (C=O) groups is 1. The van der Waals surface area contributed by atoms with Crippen molar-refractivity contribution in [3.05, 3.63) is 29.8 Å². The van der Waals surface area contributed by atoms with Gasteiger partial charge in [-0.2, -0.15) is 0 Å². The number of hydrogen-bond acceptors (Lipinski definition) is 5. The van der Waals surface area contributed by atoms with Crippen LogP contribution in [0.5, 0.6) is 0 Å². The van der Waals surface area contributed by atoms with Crippen molar-refractivity contribution in [2.24, 2.45) is 0 Å². The summed E-state index contributed by atoms with van der Waals surface area (Å²) in [6, 6.07) is 5.81. The van der Waals surface area contributed by atoms with Gasteiger partial charge in [-0.05, 0) is 32.9 Å². The van der Waals surface area contributed by atoms with Crippen LogP contribution in [0.3, 0.4) is 0 Å². The maximum Gasteiger partial charge on any atom is 0.240 e. The highest BCUT2D eigenvalue weighted by Crippen LogP contribution is 2.22. The highest BCUT2D eigenvalue weighted by Gasteiger charge is 2.33. The van der Waals surface area contributed by atoms with Crippen LogP contribution in [0.2, 0.25) is 0 Å². The van der Waals surface area contributed by atoms with Crippen molar-refractivity contribution >= 4 is 15.8 Å². The molecule has 6 nitrogen and oxygen atoms in total. The van der Waals surface area contributed by atoms with Crippen molar-refractivity contribution < 1.29 is 22.7 Å². The molecule has 0 radical (unpaired) electrons. The molecule has 1 aliphatic rings. The lowest BCUT2D eigenvalue weighted by Crippen LogP contribution is -2.34. The lowest BCUT2D eigenvalue weighted by atomic mass is 10.2. The van der Waals surface area contributed by atoms with E-state index in [9.17, 15) is 13.2 Å². The molecule has 21 heavy (non-hydrogen) atoms. The first-order valence-electron chi connectivity index (χ1n) is 6.62. The van der Waals surface area contributed by atoms with Crippen molar-refractivity contribution in [2.45, 2.75) is 37.6 Å². The monoisotopic (exact) mass is 313 g/mol. The van der Waals surface area contributed by atoms with E-state index in [0.717, 1.165) is 0 Å². The lowest BCUT2D eigenvalue weighted by molar-refractivity contribution is -0.137. The van der Waals surface area contributed by atoms with Crippen LogP contribution in [0.15, 0.2) is 29.2 Å². The Balaban J connectivity index is 2.00. The molecular formula is C14H19NO5S. The van der Waals surface area contributed by atoms with Crippen LogP contribution in [0, 0.1) is 0 Å². The number of nitrogens with one attached hydrogen (secondary N) is 1. The molecule has 1 aliphatic heterocycles. The van der Waals surface area contributed by atoms with Gasteiger partial charge in [0.15, 0.2) is 11.6 Å². The molecule has 1 aromatic rings. The van der Waals surface area contributed by atoms with E-state index in [2.05, 4.69) is 4.72 Å². The summed E-state index contributed by atoms with van der Waals surface area (Å²) in [5.41, 5.74) is 0.475. The Kier molecular flexibility index (Phi) is 4.48. The van der Waals surface area contributed by atoms with Crippen molar-refractivity contribution in [3.8, 4) is 0 Å². The van der Waals surface area contributed by atoms with Crippen LogP contribution >= 0.6 is 0 Å². The third-order valence-corrected chi connectivity index (χ3v) is 4.58. The summed E-state index contributed by atoms with van der Waals surface area (Å²) in [5.74, 6) is -0.787. The minimum Gasteiger partial charge on any atom is -0.348 e. The Morgan fingerprint density at radius 3 is 2.43 bits per heavy atom. The van der Waals surface area contributed by atoms with Gasteiger partial charge in [-0.3, -0.25) is 4.79 Å². The van der Waals surface area contributed by atoms with Crippen LogP contribution in [-0.4, -0.2) is 39.2 Å². The summed E-state index contributed by atoms with van der Waals surface area (Å²) in [6.07, 6.45) is -0.314. The summed E-state index contributed by atoms with van der Waals surface area (Å²) in [7, 11) is -3.62. The van der Waals surface area contributed by atoms with Gasteiger partial charge in [0.1, 0.15) is 0 Å². The Labute approximate surface area is 124 Å². The van der Waals surface area contributed by atoms with Crippen LogP contribution in [0.1, 0.15) is 31.1 Å². The fraction of sp³-hybridized carbons (Fsp3) is 0.500. The Bertz CT molecular complexity index is 621. The first kappa shape index (κ1) is 16.1. The molecule has 1 heterocycles. The van der Waals surface area contributed by atoms with Crippen molar-refractivity contribution in [1.29, 1.82) is 0 Å². The molecule has 0 amide bonds. The van der Waals surface area contributed by atoms with Crippen molar-refractivity contribution in [3.63, 3.8) is 0 Å². The summed E-state index contributed by atoms with van der Waals surface area (Å²) >= 11 is 0. The summed E-state index contributed by atoms with van der Waals surface area (Å²) < 4.78 is 37.7. The van der Waals surface area contributed by atoms with Gasteiger partial charge in [-0.1, -0.05) is 12.1 Å². The zero-order valence-electron chi connectivity index (χ0n) is 12.3. The minimum absolute atomic E-state index is 0.106. The number of rotatable bonds is 5. The summed E-state index contributed by atoms with van der Waals surface area (Å²) in [4.78, 5) is 11.3. The number of ketones is 1. The lowest BCUT2D eigenvalue weighted by Gasteiger charge is -2.17. The molecule has 116 valence electrons. The fourth-order valence-electron chi connectivity index (χ4n) is 2.02. The number of ether oxygens (including phenoxy) is 2. The van der Waals surface area contributed by atoms with Crippen molar-refractivity contribution in [2.75, 3.05) is 13.2 Å². The maximum atomic E-state index is 12.1. The quantitative estimate of drug-likeness (QED) is 0.829. The Morgan fingerprint density at radius 1 is 1.33 bits per heavy atom. The number of sulfonamides is 1. The van der Waals surface area contributed by atoms with Gasteiger partial charge in [0.25, 0.3) is 0 Å². The zero-order valence-corrected chi connectivity index (χ0v) is 13.1. The van der Waals surface area contributed by atoms with Crippen LogP contribution in [0.4, 0.5) is 0 Å². The minimum atomic E-state index is -3.62. The zero-order chi connectivity index (χ0) is 15.7. The van der Waals surface area contributed by atoms with Gasteiger partial charge >= 0.3 is 0 Å². The average Bonchev–Trinajstić information content (AvgIpc) is 2.76. The highest BCUT2D eigenvalue weighted by atomic mass is 32.2. The van der Waals surface area contributed by atoms with Crippen LogP contribution in [0.25, 0.3) is 0 Å². The molecule has 2 rings (SSSR count). The van der Waals surface area contributed by atoms with E-state index >= 15 is 0 Å². The van der Waals surface area contributed by atoms with E-state index in [4.69, 9.17) is 9.47 Å². The molecule has 1 unspecified atom stereocenters. The normalized spacial score (nSPS) is 21.4. The molecule has 1 atom stereocenters. The number of hydrogen-bond donors (Lipinski definition) is 1. The van der Waals surface area contributed by atoms with E-state index in [-0.39, 0.29) is 23.3 Å². The molecule has 0 saturated carbocycles. The second kappa shape index (κ2) is 5.84. The van der Waals surface area contributed by atoms with Crippen LogP contribution < -0.4 is 4.72 Å². The standard InChI is InChI=1S/C14H19NO5S/c1-10(16)11-4-6-13(7-5-11)21(17,18)15-8-12-9-19-14(2,3)20-12/h4-7,12,15H,8-9H2,1-3H3. The smallest absolute Gasteiger partial charge is 0.240 e. The van der Waals surface area contributed by atoms with E-state index < -0.39 is 15.8 Å². The number of benzene rings is 1. The number of carbonyl (C=O) groups excluding carboxylic acids is 1. The Morgan fingerprint density at radius 2 is 1.95 bits per heavy atom. The largest absolute Gasteiger partial charge is 0.348 e. The third kappa shape index (κ3) is 4.10. The molecular weight excluding hydrogens is 294 g/mol. The van der Waals surface area contributed by atoms with Crippen LogP contribution in [-0.2, 0) is 19.5 Å². The van der Waals surface area contributed by atoms with E-state index in [1.165, 1.54) is 31.2 Å². The molecule has 0 spiro atoms. The van der Waals surface area contributed by atoms with Gasteiger partial charge < -0.3 is 9.47 Å². The van der Waals surface area contributed by atoms with E-state index in [1.807, 2.05) is 0 Å². The Hall–Kier alpha value is -1.28. The van der Waals surface area contributed by atoms with Gasteiger partial charge in [-0.15, -0.1) is 0 Å². The third-order valence-electron chi connectivity index (χ3n) is 3.14. The predicted octanol–water partition coefficient (Wildman–Crippen LogP) is 1.32. The second-order valence-electron chi connectivity index (χ2n) is 5.38. The van der Waals surface area contributed by atoms with Crippen molar-refractivity contribution in [1.82, 2.24) is 4.72 Å². The predicted molar refractivity (Wildman–Crippen MR) is 76.5 cm³/mol. The topological polar surface area (TPSA) is 81.7 Å². The first-order chi connectivity index (χ1) is 9.70. The molecule has 1 aromatic carbocycles. The molecule has 1 fully saturated rings. The number of Topliss-reactive ketones (excluding diaryl/α,β-unsaturated/α-hetero) is 1. The van der Waals surface area contributed by atoms with E-state index in [0.29, 0.717) is 12.2 Å². The first-order valence-corrected chi connectivity index (χ1v) is 8.10. The van der Waals surface area contributed by atoms with Gasteiger partial charge in [0.2, 0.25) is 10.0 Å². The summed E-state index contributed by atoms with van der Waals surface area (Å²) in [6.45, 7) is 5.48. The molecule has 7 heteroatoms. The summed E-state index contributed by atoms with van der Waals surface area (Å²) in [5, 5.41) is 0. The molecule has 1 saturated heterocycles. The van der Waals surface area contributed by atoms with Gasteiger partial charge in [0.05, 0.1) is 17.6 Å². The SMILES string of the molecule is CC(=O)c1ccc(S(=O)(=O)NCC2COC(C)(C)O2)cc1. The molecule has 0 aliphatic carbocycles. The average molecular weight is 313 g/mol. The van der Waals surface area contributed by atoms with E-state index in [1.54, 1.807) is 13.8 Å². The highest BCUT2D eigenvalue weighted by molar-refractivity contribution is 7.89. The second-order valence-corrected chi connectivity index (χ2v) is 7.15. The molecule has 1 N–H and O–H groups in total. The van der Waals surface area contributed by atoms with Gasteiger partial charge in [0, 0.05) is 12.1 Å².